The van der Waals surface area contributed by atoms with Crippen molar-refractivity contribution < 1.29 is 48.8 Å². The maximum atomic E-state index is 13.1. The summed E-state index contributed by atoms with van der Waals surface area (Å²) in [6.07, 6.45) is -8.71. The fourth-order valence-electron chi connectivity index (χ4n) is 2.84. The van der Waals surface area contributed by atoms with E-state index < -0.39 is 45.7 Å². The second-order valence-electron chi connectivity index (χ2n) is 6.34. The van der Waals surface area contributed by atoms with Crippen LogP contribution in [0.2, 0.25) is 0 Å². The number of ether oxygens (including phenoxy) is 1. The predicted molar refractivity (Wildman–Crippen MR) is 75.9 cm³/mol. The summed E-state index contributed by atoms with van der Waals surface area (Å²) in [6.45, 7) is 0. The van der Waals surface area contributed by atoms with Crippen molar-refractivity contribution in [2.24, 2.45) is 5.92 Å². The van der Waals surface area contributed by atoms with Gasteiger partial charge >= 0.3 is 23.9 Å². The Morgan fingerprint density at radius 3 is 1.62 bits per heavy atom. The van der Waals surface area contributed by atoms with Gasteiger partial charge in [0.15, 0.2) is 0 Å². The summed E-state index contributed by atoms with van der Waals surface area (Å²) in [4.78, 5) is 12.1. The zero-order valence-corrected chi connectivity index (χ0v) is 14.5. The van der Waals surface area contributed by atoms with Crippen molar-refractivity contribution in [1.82, 2.24) is 0 Å². The van der Waals surface area contributed by atoms with Gasteiger partial charge in [0.2, 0.25) is 0 Å². The molecule has 1 fully saturated rings. The Labute approximate surface area is 146 Å². The normalized spacial score (nSPS) is 19.3. The molecule has 0 heterocycles. The number of hydrogen-bond donors (Lipinski definition) is 0. The smallest absolute Gasteiger partial charge is 0.438 e. The molecular weight excluding hydrogens is 394 g/mol. The van der Waals surface area contributed by atoms with Crippen LogP contribution in [0.25, 0.3) is 0 Å². The highest BCUT2D eigenvalue weighted by Gasteiger charge is 2.75. The Balaban J connectivity index is 3.19. The summed E-state index contributed by atoms with van der Waals surface area (Å²) in [5.74, 6) is -5.96. The first-order chi connectivity index (χ1) is 11.7. The van der Waals surface area contributed by atoms with E-state index in [4.69, 9.17) is 0 Å². The van der Waals surface area contributed by atoms with Gasteiger partial charge in [-0.25, -0.2) is 8.42 Å². The van der Waals surface area contributed by atoms with Crippen molar-refractivity contribution in [2.75, 3.05) is 5.75 Å². The molecule has 0 aromatic carbocycles. The lowest BCUT2D eigenvalue weighted by Crippen LogP contribution is -2.63. The van der Waals surface area contributed by atoms with Gasteiger partial charge in [-0.2, -0.15) is 26.3 Å². The van der Waals surface area contributed by atoms with Crippen molar-refractivity contribution >= 4 is 16.1 Å². The van der Waals surface area contributed by atoms with Crippen LogP contribution in [0.5, 0.6) is 0 Å². The van der Waals surface area contributed by atoms with Gasteiger partial charge in [-0.05, 0) is 12.8 Å². The highest BCUT2D eigenvalue weighted by atomic mass is 32.2. The molecule has 0 amide bonds. The minimum atomic E-state index is -6.32. The first kappa shape index (κ1) is 23.0. The van der Waals surface area contributed by atoms with Crippen molar-refractivity contribution in [3.8, 4) is 0 Å². The van der Waals surface area contributed by atoms with Gasteiger partial charge in [0, 0.05) is 0 Å². The summed E-state index contributed by atoms with van der Waals surface area (Å²) in [7, 11) is -6.01. The standard InChI is InChI=1S/C14H20F6O5S/c15-13(16,17)12(14(18,19)20,9-26(22,23)24)25-11(21)10-7-5-3-1-2-4-6-8-10/h10H,1-9H2,(H,22,23,24)/p-1. The Hall–Kier alpha value is -1.04. The molecule has 1 aliphatic carbocycles. The van der Waals surface area contributed by atoms with Gasteiger partial charge in [-0.15, -0.1) is 0 Å². The Morgan fingerprint density at radius 2 is 1.27 bits per heavy atom. The minimum absolute atomic E-state index is 0.0365. The molecule has 1 rings (SSSR count). The van der Waals surface area contributed by atoms with E-state index >= 15 is 0 Å². The van der Waals surface area contributed by atoms with Crippen molar-refractivity contribution in [3.05, 3.63) is 0 Å². The van der Waals surface area contributed by atoms with E-state index in [0.717, 1.165) is 12.8 Å². The Morgan fingerprint density at radius 1 is 0.885 bits per heavy atom. The molecule has 0 bridgehead atoms. The largest absolute Gasteiger partial charge is 0.748 e. The summed E-state index contributed by atoms with van der Waals surface area (Å²) in [5, 5.41) is 0. The van der Waals surface area contributed by atoms with Gasteiger partial charge in [-0.3, -0.25) is 4.79 Å². The molecule has 12 heteroatoms. The second kappa shape index (κ2) is 8.32. The van der Waals surface area contributed by atoms with E-state index in [1.807, 2.05) is 0 Å². The number of carbonyl (C=O) groups is 1. The number of carbonyl (C=O) groups excluding carboxylic acids is 1. The average molecular weight is 413 g/mol. The summed E-state index contributed by atoms with van der Waals surface area (Å²) < 4.78 is 115. The molecule has 0 saturated heterocycles. The molecule has 0 unspecified atom stereocenters. The number of alkyl halides is 6. The molecule has 154 valence electrons. The van der Waals surface area contributed by atoms with E-state index in [1.54, 1.807) is 0 Å². The Kier molecular flexibility index (Phi) is 7.36. The number of esters is 1. The van der Waals surface area contributed by atoms with Crippen LogP contribution in [0.4, 0.5) is 26.3 Å². The average Bonchev–Trinajstić information content (AvgIpc) is 2.56. The van der Waals surface area contributed by atoms with E-state index in [-0.39, 0.29) is 12.8 Å². The van der Waals surface area contributed by atoms with Crippen LogP contribution < -0.4 is 0 Å². The van der Waals surface area contributed by atoms with E-state index in [9.17, 15) is 44.1 Å². The van der Waals surface area contributed by atoms with Crippen molar-refractivity contribution in [3.63, 3.8) is 0 Å². The highest BCUT2D eigenvalue weighted by Crippen LogP contribution is 2.47. The lowest BCUT2D eigenvalue weighted by molar-refractivity contribution is -0.362. The van der Waals surface area contributed by atoms with Crippen LogP contribution in [-0.2, 0) is 19.6 Å². The third-order valence-corrected chi connectivity index (χ3v) is 5.02. The fraction of sp³-hybridized carbons (Fsp3) is 0.929. The lowest BCUT2D eigenvalue weighted by Gasteiger charge is -2.37. The van der Waals surface area contributed by atoms with Gasteiger partial charge in [0.25, 0.3) is 0 Å². The second-order valence-corrected chi connectivity index (χ2v) is 7.75. The third kappa shape index (κ3) is 6.00. The van der Waals surface area contributed by atoms with Gasteiger partial charge in [0.1, 0.15) is 0 Å². The number of hydrogen-bond acceptors (Lipinski definition) is 5. The lowest BCUT2D eigenvalue weighted by atomic mass is 9.96. The van der Waals surface area contributed by atoms with Gasteiger partial charge in [-0.1, -0.05) is 38.5 Å². The fourth-order valence-corrected chi connectivity index (χ4v) is 3.73. The van der Waals surface area contributed by atoms with Crippen molar-refractivity contribution in [2.45, 2.75) is 69.3 Å². The maximum Gasteiger partial charge on any atom is 0.438 e. The van der Waals surface area contributed by atoms with Gasteiger partial charge in [0.05, 0.1) is 21.8 Å². The zero-order valence-electron chi connectivity index (χ0n) is 13.7. The van der Waals surface area contributed by atoms with E-state index in [1.165, 1.54) is 0 Å². The summed E-state index contributed by atoms with van der Waals surface area (Å²) in [5.41, 5.74) is -5.38. The van der Waals surface area contributed by atoms with E-state index in [0.29, 0.717) is 25.7 Å². The molecule has 1 saturated carbocycles. The summed E-state index contributed by atoms with van der Waals surface area (Å²) >= 11 is 0. The topological polar surface area (TPSA) is 83.5 Å². The monoisotopic (exact) mass is 413 g/mol. The molecule has 0 atom stereocenters. The van der Waals surface area contributed by atoms with Crippen LogP contribution in [0.1, 0.15) is 51.4 Å². The van der Waals surface area contributed by atoms with Crippen LogP contribution in [0.15, 0.2) is 0 Å². The number of halogens is 6. The quantitative estimate of drug-likeness (QED) is 0.399. The molecule has 0 spiro atoms. The highest BCUT2D eigenvalue weighted by molar-refractivity contribution is 7.85. The summed E-state index contributed by atoms with van der Waals surface area (Å²) in [6, 6.07) is 0. The van der Waals surface area contributed by atoms with Gasteiger partial charge < -0.3 is 9.29 Å². The SMILES string of the molecule is O=C(OC(CS(=O)(=O)[O-])(C(F)(F)F)C(F)(F)F)C1CCCCCCCC1. The molecule has 26 heavy (non-hydrogen) atoms. The molecule has 0 N–H and O–H groups in total. The molecule has 0 aromatic heterocycles. The van der Waals surface area contributed by atoms with Crippen LogP contribution in [0.3, 0.4) is 0 Å². The molecular formula is C14H19F6O5S-. The first-order valence-electron chi connectivity index (χ1n) is 7.99. The Bertz CT molecular complexity index is 560. The van der Waals surface area contributed by atoms with Crippen LogP contribution in [0, 0.1) is 5.92 Å². The first-order valence-corrected chi connectivity index (χ1v) is 9.57. The number of rotatable bonds is 4. The molecule has 0 radical (unpaired) electrons. The van der Waals surface area contributed by atoms with E-state index in [2.05, 4.69) is 4.74 Å². The molecule has 0 aromatic rings. The molecule has 0 aliphatic heterocycles. The minimum Gasteiger partial charge on any atom is -0.748 e. The predicted octanol–water partition coefficient (Wildman–Crippen LogP) is 3.69. The zero-order chi connectivity index (χ0) is 20.2. The van der Waals surface area contributed by atoms with Crippen LogP contribution >= 0.6 is 0 Å². The third-order valence-electron chi connectivity index (χ3n) is 4.26. The van der Waals surface area contributed by atoms with Crippen LogP contribution in [-0.4, -0.2) is 42.6 Å². The van der Waals surface area contributed by atoms with Crippen molar-refractivity contribution in [1.29, 1.82) is 0 Å². The maximum absolute atomic E-state index is 13.1. The molecule has 1 aliphatic rings. The molecule has 5 nitrogen and oxygen atoms in total.